The van der Waals surface area contributed by atoms with E-state index < -0.39 is 6.10 Å². The fourth-order valence-electron chi connectivity index (χ4n) is 6.84. The van der Waals surface area contributed by atoms with Gasteiger partial charge in [0.2, 0.25) is 5.91 Å². The van der Waals surface area contributed by atoms with Gasteiger partial charge in [0, 0.05) is 43.0 Å². The van der Waals surface area contributed by atoms with Crippen LogP contribution in [0.2, 0.25) is 0 Å². The van der Waals surface area contributed by atoms with Crippen LogP contribution in [-0.2, 0) is 4.79 Å². The number of nitrogens with one attached hydrogen (secondary N) is 1. The minimum atomic E-state index is -0.520. The average molecular weight is 442 g/mol. The molecule has 0 bridgehead atoms. The quantitative estimate of drug-likeness (QED) is 0.747. The van der Waals surface area contributed by atoms with Crippen molar-refractivity contribution in [2.24, 2.45) is 29.1 Å². The molecule has 2 amide bonds. The molecule has 2 saturated carbocycles. The van der Waals surface area contributed by atoms with Gasteiger partial charge in [0.25, 0.3) is 5.91 Å². The number of piperidine rings is 1. The molecule has 0 spiro atoms. The number of hydrogen-bond acceptors (Lipinski definition) is 4. The van der Waals surface area contributed by atoms with E-state index in [9.17, 15) is 14.7 Å². The van der Waals surface area contributed by atoms with E-state index >= 15 is 0 Å². The number of nitrogens with zero attached hydrogens (tertiary/aromatic N) is 2. The van der Waals surface area contributed by atoms with E-state index in [1.54, 1.807) is 24.5 Å². The van der Waals surface area contributed by atoms with Gasteiger partial charge in [0.05, 0.1) is 6.10 Å². The standard InChI is InChI=1S/C26H39N3O3/c1-17(25(32)29-15-5-4-6-16-29)20-7-11-26(3)12-8-21(18(2)22(26)23(20)30)28-24(31)19-9-13-27-14-10-19/h9-10,13-14,17-18,20-23,30H,4-8,11-12,15-16H2,1-3H3,(H,28,31). The van der Waals surface area contributed by atoms with Gasteiger partial charge in [-0.2, -0.15) is 0 Å². The molecule has 7 unspecified atom stereocenters. The predicted molar refractivity (Wildman–Crippen MR) is 124 cm³/mol. The van der Waals surface area contributed by atoms with E-state index in [4.69, 9.17) is 0 Å². The molecule has 3 aliphatic rings. The van der Waals surface area contributed by atoms with Crippen LogP contribution in [0.3, 0.4) is 0 Å². The van der Waals surface area contributed by atoms with Gasteiger partial charge in [-0.25, -0.2) is 0 Å². The zero-order valence-corrected chi connectivity index (χ0v) is 19.8. The second kappa shape index (κ2) is 9.50. The average Bonchev–Trinajstić information content (AvgIpc) is 2.81. The van der Waals surface area contributed by atoms with Crippen molar-refractivity contribution in [1.29, 1.82) is 0 Å². The fourth-order valence-corrected chi connectivity index (χ4v) is 6.84. The Morgan fingerprint density at radius 1 is 1.16 bits per heavy atom. The summed E-state index contributed by atoms with van der Waals surface area (Å²) in [4.78, 5) is 32.0. The molecular formula is C26H39N3O3. The van der Waals surface area contributed by atoms with Crippen molar-refractivity contribution in [2.75, 3.05) is 13.1 Å². The lowest BCUT2D eigenvalue weighted by molar-refractivity contribution is -0.150. The van der Waals surface area contributed by atoms with Crippen LogP contribution in [0.15, 0.2) is 24.5 Å². The van der Waals surface area contributed by atoms with Crippen LogP contribution < -0.4 is 5.32 Å². The molecule has 1 aromatic heterocycles. The number of fused-ring (bicyclic) bond motifs is 1. The second-order valence-electron chi connectivity index (χ2n) is 10.8. The highest BCUT2D eigenvalue weighted by atomic mass is 16.3. The van der Waals surface area contributed by atoms with E-state index in [0.717, 1.165) is 51.6 Å². The number of likely N-dealkylation sites (tertiary alicyclic amines) is 1. The number of amides is 2. The van der Waals surface area contributed by atoms with Crippen molar-refractivity contribution in [1.82, 2.24) is 15.2 Å². The minimum Gasteiger partial charge on any atom is -0.392 e. The zero-order chi connectivity index (χ0) is 22.9. The Kier molecular flexibility index (Phi) is 6.89. The van der Waals surface area contributed by atoms with Crippen molar-refractivity contribution in [3.63, 3.8) is 0 Å². The van der Waals surface area contributed by atoms with Crippen molar-refractivity contribution in [3.8, 4) is 0 Å². The normalized spacial score (nSPS) is 36.1. The number of carbonyl (C=O) groups excluding carboxylic acids is 2. The van der Waals surface area contributed by atoms with E-state index in [0.29, 0.717) is 5.56 Å². The molecule has 1 aliphatic heterocycles. The first-order valence-electron chi connectivity index (χ1n) is 12.5. The van der Waals surface area contributed by atoms with Crippen LogP contribution in [0.1, 0.15) is 76.1 Å². The molecule has 2 aliphatic carbocycles. The van der Waals surface area contributed by atoms with E-state index in [2.05, 4.69) is 24.1 Å². The molecule has 6 nitrogen and oxygen atoms in total. The van der Waals surface area contributed by atoms with Gasteiger partial charge in [0.1, 0.15) is 0 Å². The van der Waals surface area contributed by atoms with Gasteiger partial charge < -0.3 is 15.3 Å². The van der Waals surface area contributed by atoms with Crippen LogP contribution in [0.5, 0.6) is 0 Å². The topological polar surface area (TPSA) is 82.5 Å². The number of rotatable bonds is 4. The molecular weight excluding hydrogens is 402 g/mol. The summed E-state index contributed by atoms with van der Waals surface area (Å²) in [5.74, 6) is 0.182. The molecule has 2 N–H and O–H groups in total. The summed E-state index contributed by atoms with van der Waals surface area (Å²) in [6.07, 6.45) is 9.96. The maximum Gasteiger partial charge on any atom is 0.251 e. The molecule has 0 radical (unpaired) electrons. The van der Waals surface area contributed by atoms with E-state index in [-0.39, 0.29) is 46.9 Å². The van der Waals surface area contributed by atoms with Gasteiger partial charge >= 0.3 is 0 Å². The number of carbonyl (C=O) groups is 2. The summed E-state index contributed by atoms with van der Waals surface area (Å²) in [6, 6.07) is 3.48. The lowest BCUT2D eigenvalue weighted by Gasteiger charge is -2.56. The number of hydrogen-bond donors (Lipinski definition) is 2. The van der Waals surface area contributed by atoms with Gasteiger partial charge in [0.15, 0.2) is 0 Å². The summed E-state index contributed by atoms with van der Waals surface area (Å²) in [5.41, 5.74) is 0.671. The van der Waals surface area contributed by atoms with Crippen LogP contribution in [0.25, 0.3) is 0 Å². The van der Waals surface area contributed by atoms with Gasteiger partial charge in [-0.1, -0.05) is 20.8 Å². The summed E-state index contributed by atoms with van der Waals surface area (Å²) >= 11 is 0. The van der Waals surface area contributed by atoms with Crippen molar-refractivity contribution >= 4 is 11.8 Å². The fraction of sp³-hybridized carbons (Fsp3) is 0.731. The smallest absolute Gasteiger partial charge is 0.251 e. The van der Waals surface area contributed by atoms with Gasteiger partial charge in [-0.05, 0) is 80.2 Å². The first-order valence-corrected chi connectivity index (χ1v) is 12.5. The molecule has 1 saturated heterocycles. The van der Waals surface area contributed by atoms with Gasteiger partial charge in [-0.3, -0.25) is 14.6 Å². The maximum atomic E-state index is 13.2. The van der Waals surface area contributed by atoms with Crippen molar-refractivity contribution in [2.45, 2.75) is 77.9 Å². The molecule has 3 fully saturated rings. The molecule has 32 heavy (non-hydrogen) atoms. The Morgan fingerprint density at radius 2 is 1.81 bits per heavy atom. The SMILES string of the molecule is CC(C(=O)N1CCCCC1)C1CCC2(C)CCC(NC(=O)c3ccncc3)C(C)C2C1O. The van der Waals surface area contributed by atoms with Crippen LogP contribution >= 0.6 is 0 Å². The Morgan fingerprint density at radius 3 is 2.50 bits per heavy atom. The molecule has 4 rings (SSSR count). The Hall–Kier alpha value is -1.95. The Balaban J connectivity index is 1.47. The largest absolute Gasteiger partial charge is 0.392 e. The zero-order valence-electron chi connectivity index (χ0n) is 19.8. The van der Waals surface area contributed by atoms with E-state index in [1.807, 2.05) is 11.8 Å². The second-order valence-corrected chi connectivity index (χ2v) is 10.8. The summed E-state index contributed by atoms with van der Waals surface area (Å²) < 4.78 is 0. The lowest BCUT2D eigenvalue weighted by atomic mass is 9.51. The molecule has 1 aromatic rings. The van der Waals surface area contributed by atoms with Crippen LogP contribution in [0.4, 0.5) is 0 Å². The molecule has 2 heterocycles. The van der Waals surface area contributed by atoms with Crippen molar-refractivity contribution < 1.29 is 14.7 Å². The minimum absolute atomic E-state index is 0.0143. The highest BCUT2D eigenvalue weighted by Gasteiger charge is 2.54. The molecule has 176 valence electrons. The van der Waals surface area contributed by atoms with Crippen LogP contribution in [-0.4, -0.2) is 52.0 Å². The third kappa shape index (κ3) is 4.43. The van der Waals surface area contributed by atoms with Crippen molar-refractivity contribution in [3.05, 3.63) is 30.1 Å². The number of aliphatic hydroxyl groups excluding tert-OH is 1. The molecule has 7 atom stereocenters. The first-order chi connectivity index (χ1) is 15.3. The monoisotopic (exact) mass is 441 g/mol. The molecule has 6 heteroatoms. The maximum absolute atomic E-state index is 13.2. The summed E-state index contributed by atoms with van der Waals surface area (Å²) in [7, 11) is 0. The van der Waals surface area contributed by atoms with Gasteiger partial charge in [-0.15, -0.1) is 0 Å². The lowest BCUT2D eigenvalue weighted by Crippen LogP contribution is -2.58. The van der Waals surface area contributed by atoms with E-state index in [1.165, 1.54) is 6.42 Å². The first kappa shape index (κ1) is 23.2. The Bertz CT molecular complexity index is 810. The Labute approximate surface area is 192 Å². The summed E-state index contributed by atoms with van der Waals surface area (Å²) in [5, 5.41) is 14.8. The highest BCUT2D eigenvalue weighted by molar-refractivity contribution is 5.94. The third-order valence-corrected chi connectivity index (χ3v) is 8.85. The third-order valence-electron chi connectivity index (χ3n) is 8.85. The summed E-state index contributed by atoms with van der Waals surface area (Å²) in [6.45, 7) is 8.19. The van der Waals surface area contributed by atoms with Crippen LogP contribution in [0, 0.1) is 29.1 Å². The molecule has 0 aromatic carbocycles. The number of aromatic nitrogens is 1. The number of pyridine rings is 1. The number of aliphatic hydroxyl groups is 1. The highest BCUT2D eigenvalue weighted by Crippen LogP contribution is 2.55. The predicted octanol–water partition coefficient (Wildman–Crippen LogP) is 3.65.